The highest BCUT2D eigenvalue weighted by atomic mass is 32.2. The molecule has 0 unspecified atom stereocenters. The number of carbonyl (C=O) groups is 2. The SMILES string of the molecule is Cn1c(SCCN2C(=O)c3ccccc3C2=O)nc2ccsc2c1=O. The van der Waals surface area contributed by atoms with Gasteiger partial charge in [0.1, 0.15) is 4.70 Å². The van der Waals surface area contributed by atoms with Crippen LogP contribution >= 0.6 is 23.1 Å². The molecule has 1 aromatic carbocycles. The van der Waals surface area contributed by atoms with Gasteiger partial charge in [0.2, 0.25) is 0 Å². The Morgan fingerprint density at radius 1 is 1.08 bits per heavy atom. The molecule has 0 fully saturated rings. The van der Waals surface area contributed by atoms with Crippen molar-refractivity contribution in [1.82, 2.24) is 14.5 Å². The van der Waals surface area contributed by atoms with Crippen molar-refractivity contribution in [2.75, 3.05) is 12.3 Å². The molecule has 1 aliphatic rings. The van der Waals surface area contributed by atoms with Gasteiger partial charge in [-0.2, -0.15) is 0 Å². The highest BCUT2D eigenvalue weighted by Crippen LogP contribution is 2.24. The van der Waals surface area contributed by atoms with E-state index in [2.05, 4.69) is 4.98 Å². The number of thioether (sulfide) groups is 1. The van der Waals surface area contributed by atoms with Crippen LogP contribution in [0.25, 0.3) is 10.2 Å². The minimum atomic E-state index is -0.267. The molecule has 126 valence electrons. The van der Waals surface area contributed by atoms with E-state index in [1.54, 1.807) is 31.3 Å². The molecule has 2 amide bonds. The average molecular weight is 371 g/mol. The van der Waals surface area contributed by atoms with Crippen LogP contribution < -0.4 is 5.56 Å². The van der Waals surface area contributed by atoms with Crippen molar-refractivity contribution in [3.63, 3.8) is 0 Å². The van der Waals surface area contributed by atoms with E-state index in [0.29, 0.717) is 32.3 Å². The zero-order valence-corrected chi connectivity index (χ0v) is 14.9. The Morgan fingerprint density at radius 3 is 2.44 bits per heavy atom. The number of hydrogen-bond donors (Lipinski definition) is 0. The van der Waals surface area contributed by atoms with Gasteiger partial charge in [-0.15, -0.1) is 11.3 Å². The highest BCUT2D eigenvalue weighted by molar-refractivity contribution is 7.99. The Morgan fingerprint density at radius 2 is 1.76 bits per heavy atom. The minimum absolute atomic E-state index is 0.0803. The zero-order valence-electron chi connectivity index (χ0n) is 13.3. The maximum Gasteiger partial charge on any atom is 0.271 e. The number of carbonyl (C=O) groups excluding carboxylic acids is 2. The lowest BCUT2D eigenvalue weighted by Gasteiger charge is -2.13. The molecule has 1 aliphatic heterocycles. The molecule has 0 spiro atoms. The van der Waals surface area contributed by atoms with Crippen LogP contribution in [-0.4, -0.2) is 38.6 Å². The van der Waals surface area contributed by atoms with Crippen molar-refractivity contribution in [2.24, 2.45) is 7.05 Å². The predicted molar refractivity (Wildman–Crippen MR) is 97.4 cm³/mol. The molecule has 4 rings (SSSR count). The first-order valence-electron chi connectivity index (χ1n) is 7.60. The summed E-state index contributed by atoms with van der Waals surface area (Å²) in [7, 11) is 1.68. The second kappa shape index (κ2) is 6.12. The Hall–Kier alpha value is -2.45. The maximum atomic E-state index is 12.3. The summed E-state index contributed by atoms with van der Waals surface area (Å²) in [4.78, 5) is 42.7. The Kier molecular flexibility index (Phi) is 3.93. The third kappa shape index (κ3) is 2.58. The standard InChI is InChI=1S/C17H13N3O3S2/c1-19-16(23)13-12(6-8-24-13)18-17(19)25-9-7-20-14(21)10-4-2-3-5-11(10)15(20)22/h2-6,8H,7,9H2,1H3. The molecule has 0 atom stereocenters. The molecule has 0 N–H and O–H groups in total. The van der Waals surface area contributed by atoms with Gasteiger partial charge in [0.05, 0.1) is 16.6 Å². The topological polar surface area (TPSA) is 72.3 Å². The predicted octanol–water partition coefficient (Wildman–Crippen LogP) is 2.38. The maximum absolute atomic E-state index is 12.3. The van der Waals surface area contributed by atoms with Crippen LogP contribution in [0.2, 0.25) is 0 Å². The van der Waals surface area contributed by atoms with Crippen LogP contribution in [-0.2, 0) is 7.05 Å². The monoisotopic (exact) mass is 371 g/mol. The summed E-state index contributed by atoms with van der Waals surface area (Å²) in [5.41, 5.74) is 1.49. The van der Waals surface area contributed by atoms with Crippen LogP contribution in [0.15, 0.2) is 45.7 Å². The van der Waals surface area contributed by atoms with E-state index in [1.807, 2.05) is 11.4 Å². The van der Waals surface area contributed by atoms with Crippen LogP contribution in [0.5, 0.6) is 0 Å². The summed E-state index contributed by atoms with van der Waals surface area (Å²) >= 11 is 2.73. The van der Waals surface area contributed by atoms with Crippen LogP contribution in [0, 0.1) is 0 Å². The first-order valence-corrected chi connectivity index (χ1v) is 9.46. The molecule has 0 saturated heterocycles. The lowest BCUT2D eigenvalue weighted by Crippen LogP contribution is -2.32. The van der Waals surface area contributed by atoms with E-state index in [-0.39, 0.29) is 23.9 Å². The van der Waals surface area contributed by atoms with Crippen molar-refractivity contribution >= 4 is 45.1 Å². The van der Waals surface area contributed by atoms with E-state index in [1.165, 1.54) is 32.6 Å². The smallest absolute Gasteiger partial charge is 0.271 e. The Balaban J connectivity index is 1.51. The highest BCUT2D eigenvalue weighted by Gasteiger charge is 2.34. The molecule has 0 bridgehead atoms. The van der Waals surface area contributed by atoms with Crippen molar-refractivity contribution in [3.8, 4) is 0 Å². The number of aromatic nitrogens is 2. The van der Waals surface area contributed by atoms with E-state index < -0.39 is 0 Å². The molecular weight excluding hydrogens is 358 g/mol. The number of fused-ring (bicyclic) bond motifs is 2. The molecule has 3 aromatic rings. The van der Waals surface area contributed by atoms with Crippen molar-refractivity contribution in [3.05, 3.63) is 57.2 Å². The lowest BCUT2D eigenvalue weighted by atomic mass is 10.1. The molecule has 0 radical (unpaired) electrons. The van der Waals surface area contributed by atoms with E-state index in [0.717, 1.165) is 0 Å². The number of rotatable bonds is 4. The molecule has 3 heterocycles. The van der Waals surface area contributed by atoms with E-state index >= 15 is 0 Å². The summed E-state index contributed by atoms with van der Waals surface area (Å²) in [6.45, 7) is 0.272. The Labute approximate surface area is 151 Å². The number of amides is 2. The largest absolute Gasteiger partial charge is 0.290 e. The average Bonchev–Trinajstić information content (AvgIpc) is 3.18. The van der Waals surface area contributed by atoms with Crippen molar-refractivity contribution in [2.45, 2.75) is 5.16 Å². The Bertz CT molecular complexity index is 1040. The van der Waals surface area contributed by atoms with E-state index in [9.17, 15) is 14.4 Å². The summed E-state index contributed by atoms with van der Waals surface area (Å²) in [5, 5.41) is 2.42. The molecular formula is C17H13N3O3S2. The molecule has 2 aromatic heterocycles. The minimum Gasteiger partial charge on any atom is -0.290 e. The van der Waals surface area contributed by atoms with Crippen molar-refractivity contribution in [1.29, 1.82) is 0 Å². The van der Waals surface area contributed by atoms with Gasteiger partial charge in [-0.3, -0.25) is 23.9 Å². The van der Waals surface area contributed by atoms with Gasteiger partial charge in [-0.1, -0.05) is 23.9 Å². The summed E-state index contributed by atoms with van der Waals surface area (Å²) in [6.07, 6.45) is 0. The van der Waals surface area contributed by atoms with Gasteiger partial charge in [0.15, 0.2) is 5.16 Å². The molecule has 0 aliphatic carbocycles. The van der Waals surface area contributed by atoms with Crippen molar-refractivity contribution < 1.29 is 9.59 Å². The summed E-state index contributed by atoms with van der Waals surface area (Å²) in [6, 6.07) is 8.64. The number of hydrogen-bond acceptors (Lipinski definition) is 6. The number of nitrogens with zero attached hydrogens (tertiary/aromatic N) is 3. The fourth-order valence-corrected chi connectivity index (χ4v) is 4.47. The fourth-order valence-electron chi connectivity index (χ4n) is 2.77. The number of benzene rings is 1. The third-order valence-corrected chi connectivity index (χ3v) is 5.97. The second-order valence-corrected chi connectivity index (χ2v) is 7.53. The first-order chi connectivity index (χ1) is 12.1. The number of thiophene rings is 1. The molecule has 0 saturated carbocycles. The van der Waals surface area contributed by atoms with Crippen LogP contribution in [0.1, 0.15) is 20.7 Å². The quantitative estimate of drug-likeness (QED) is 0.400. The summed E-state index contributed by atoms with van der Waals surface area (Å²) in [5.74, 6) is -0.0610. The van der Waals surface area contributed by atoms with Gasteiger partial charge in [0, 0.05) is 19.3 Å². The second-order valence-electron chi connectivity index (χ2n) is 5.55. The molecule has 8 heteroatoms. The molecule has 6 nitrogen and oxygen atoms in total. The lowest BCUT2D eigenvalue weighted by molar-refractivity contribution is 0.0664. The number of imide groups is 1. The van der Waals surface area contributed by atoms with Gasteiger partial charge >= 0.3 is 0 Å². The normalized spacial score (nSPS) is 13.7. The van der Waals surface area contributed by atoms with Gasteiger partial charge < -0.3 is 0 Å². The van der Waals surface area contributed by atoms with Gasteiger partial charge in [-0.25, -0.2) is 4.98 Å². The molecule has 25 heavy (non-hydrogen) atoms. The van der Waals surface area contributed by atoms with Gasteiger partial charge in [0.25, 0.3) is 17.4 Å². The third-order valence-electron chi connectivity index (χ3n) is 4.07. The van der Waals surface area contributed by atoms with Gasteiger partial charge in [-0.05, 0) is 23.6 Å². The zero-order chi connectivity index (χ0) is 17.6. The van der Waals surface area contributed by atoms with Crippen LogP contribution in [0.4, 0.5) is 0 Å². The first kappa shape index (κ1) is 16.0. The van der Waals surface area contributed by atoms with Crippen LogP contribution in [0.3, 0.4) is 0 Å². The summed E-state index contributed by atoms with van der Waals surface area (Å²) < 4.78 is 2.14. The van der Waals surface area contributed by atoms with E-state index in [4.69, 9.17) is 0 Å². The fraction of sp³-hybridized carbons (Fsp3) is 0.176.